The SMILES string of the molecule is CN(C)C=C(C(=O)C#N)c1cc2ccccc2n1S(=O)(=O)c1ccccc1. The van der Waals surface area contributed by atoms with Crippen molar-refractivity contribution in [3.63, 3.8) is 0 Å². The van der Waals surface area contributed by atoms with E-state index in [9.17, 15) is 13.2 Å². The molecule has 0 aliphatic carbocycles. The van der Waals surface area contributed by atoms with Crippen molar-refractivity contribution in [2.24, 2.45) is 0 Å². The van der Waals surface area contributed by atoms with Gasteiger partial charge in [0.25, 0.3) is 15.8 Å². The minimum absolute atomic E-state index is 0.0122. The van der Waals surface area contributed by atoms with Crippen LogP contribution >= 0.6 is 0 Å². The molecule has 0 bridgehead atoms. The second-order valence-corrected chi connectivity index (χ2v) is 7.90. The summed E-state index contributed by atoms with van der Waals surface area (Å²) in [5.41, 5.74) is 0.602. The monoisotopic (exact) mass is 379 g/mol. The largest absolute Gasteiger partial charge is 0.383 e. The van der Waals surface area contributed by atoms with E-state index >= 15 is 0 Å². The van der Waals surface area contributed by atoms with E-state index in [1.54, 1.807) is 73.6 Å². The van der Waals surface area contributed by atoms with Gasteiger partial charge in [-0.3, -0.25) is 4.79 Å². The van der Waals surface area contributed by atoms with Crippen molar-refractivity contribution >= 4 is 32.3 Å². The summed E-state index contributed by atoms with van der Waals surface area (Å²) in [7, 11) is -0.584. The van der Waals surface area contributed by atoms with Gasteiger partial charge in [0.1, 0.15) is 6.07 Å². The molecule has 0 spiro atoms. The van der Waals surface area contributed by atoms with Crippen LogP contribution in [0.1, 0.15) is 5.69 Å². The minimum atomic E-state index is -3.98. The molecule has 6 nitrogen and oxygen atoms in total. The van der Waals surface area contributed by atoms with Crippen LogP contribution in [0.2, 0.25) is 0 Å². The number of carbonyl (C=O) groups excluding carboxylic acids is 1. The Morgan fingerprint density at radius 3 is 2.33 bits per heavy atom. The summed E-state index contributed by atoms with van der Waals surface area (Å²) in [4.78, 5) is 14.0. The fourth-order valence-electron chi connectivity index (χ4n) is 2.83. The van der Waals surface area contributed by atoms with Gasteiger partial charge in [0.05, 0.1) is 21.7 Å². The Labute approximate surface area is 157 Å². The minimum Gasteiger partial charge on any atom is -0.383 e. The molecule has 1 aromatic heterocycles. The Kier molecular flexibility index (Phi) is 4.84. The zero-order valence-corrected chi connectivity index (χ0v) is 15.6. The van der Waals surface area contributed by atoms with Crippen LogP contribution < -0.4 is 0 Å². The number of fused-ring (bicyclic) bond motifs is 1. The summed E-state index contributed by atoms with van der Waals surface area (Å²) >= 11 is 0. The van der Waals surface area contributed by atoms with E-state index in [2.05, 4.69) is 0 Å². The van der Waals surface area contributed by atoms with Crippen LogP contribution in [0.15, 0.2) is 71.8 Å². The van der Waals surface area contributed by atoms with Crippen molar-refractivity contribution in [2.75, 3.05) is 14.1 Å². The molecule has 0 aliphatic heterocycles. The van der Waals surface area contributed by atoms with E-state index in [4.69, 9.17) is 5.26 Å². The molecule has 1 heterocycles. The van der Waals surface area contributed by atoms with Crippen LogP contribution in [0.5, 0.6) is 0 Å². The molecule has 0 atom stereocenters. The highest BCUT2D eigenvalue weighted by Crippen LogP contribution is 2.30. The maximum atomic E-state index is 13.4. The molecule has 7 heteroatoms. The number of Topliss-reactive ketones (excluding diaryl/α,β-unsaturated/α-hetero) is 1. The van der Waals surface area contributed by atoms with Gasteiger partial charge in [0.15, 0.2) is 0 Å². The number of ketones is 1. The van der Waals surface area contributed by atoms with Gasteiger partial charge in [-0.05, 0) is 24.3 Å². The van der Waals surface area contributed by atoms with Crippen molar-refractivity contribution in [3.8, 4) is 6.07 Å². The first-order chi connectivity index (χ1) is 12.9. The van der Waals surface area contributed by atoms with Crippen molar-refractivity contribution < 1.29 is 13.2 Å². The van der Waals surface area contributed by atoms with E-state index < -0.39 is 15.8 Å². The van der Waals surface area contributed by atoms with Crippen LogP contribution in [-0.4, -0.2) is 37.2 Å². The third kappa shape index (κ3) is 3.35. The van der Waals surface area contributed by atoms with Gasteiger partial charge in [-0.25, -0.2) is 12.4 Å². The van der Waals surface area contributed by atoms with Crippen LogP contribution in [-0.2, 0) is 14.8 Å². The first-order valence-corrected chi connectivity index (χ1v) is 9.54. The predicted molar refractivity (Wildman–Crippen MR) is 103 cm³/mol. The second kappa shape index (κ2) is 7.09. The molecule has 0 N–H and O–H groups in total. The molecule has 0 radical (unpaired) electrons. The van der Waals surface area contributed by atoms with E-state index in [0.29, 0.717) is 10.9 Å². The molecular formula is C20H17N3O3S. The van der Waals surface area contributed by atoms with Gasteiger partial charge in [-0.2, -0.15) is 5.26 Å². The molecule has 0 unspecified atom stereocenters. The number of carbonyl (C=O) groups is 1. The molecule has 3 aromatic rings. The lowest BCUT2D eigenvalue weighted by atomic mass is 10.1. The number of benzene rings is 2. The van der Waals surface area contributed by atoms with Gasteiger partial charge >= 0.3 is 0 Å². The molecule has 0 aliphatic rings. The summed E-state index contributed by atoms with van der Waals surface area (Å²) < 4.78 is 27.8. The molecule has 0 amide bonds. The number of allylic oxidation sites excluding steroid dienone is 1. The molecule has 3 rings (SSSR count). The number of hydrogen-bond acceptors (Lipinski definition) is 5. The van der Waals surface area contributed by atoms with E-state index in [1.165, 1.54) is 18.3 Å². The Balaban J connectivity index is 2.41. The third-order valence-electron chi connectivity index (χ3n) is 3.96. The van der Waals surface area contributed by atoms with E-state index in [1.807, 2.05) is 0 Å². The van der Waals surface area contributed by atoms with Crippen molar-refractivity contribution in [1.82, 2.24) is 8.87 Å². The molecule has 0 saturated carbocycles. The summed E-state index contributed by atoms with van der Waals surface area (Å²) in [5, 5.41) is 9.80. The Morgan fingerprint density at radius 2 is 1.70 bits per heavy atom. The predicted octanol–water partition coefficient (Wildman–Crippen LogP) is 2.87. The molecule has 136 valence electrons. The number of para-hydroxylation sites is 1. The summed E-state index contributed by atoms with van der Waals surface area (Å²) in [5.74, 6) is -0.809. The Morgan fingerprint density at radius 1 is 1.07 bits per heavy atom. The molecule has 0 fully saturated rings. The third-order valence-corrected chi connectivity index (χ3v) is 5.70. The van der Waals surface area contributed by atoms with Crippen LogP contribution in [0.4, 0.5) is 0 Å². The fraction of sp³-hybridized carbons (Fsp3) is 0.100. The summed E-state index contributed by atoms with van der Waals surface area (Å²) in [6.07, 6.45) is 1.46. The topological polar surface area (TPSA) is 83.2 Å². The standard InChI is InChI=1S/C20H17N3O3S/c1-22(2)14-17(20(24)13-21)19-12-15-8-6-7-11-18(15)23(19)27(25,26)16-9-4-3-5-10-16/h3-12,14H,1-2H3. The average molecular weight is 379 g/mol. The number of nitriles is 1. The maximum Gasteiger partial charge on any atom is 0.268 e. The fourth-order valence-corrected chi connectivity index (χ4v) is 4.38. The van der Waals surface area contributed by atoms with Gasteiger partial charge < -0.3 is 4.90 Å². The summed E-state index contributed by atoms with van der Waals surface area (Å²) in [6, 6.07) is 18.1. The Bertz CT molecular complexity index is 1180. The summed E-state index contributed by atoms with van der Waals surface area (Å²) in [6.45, 7) is 0. The van der Waals surface area contributed by atoms with Gasteiger partial charge in [0, 0.05) is 25.7 Å². The number of aromatic nitrogens is 1. The van der Waals surface area contributed by atoms with Gasteiger partial charge in [-0.1, -0.05) is 36.4 Å². The highest BCUT2D eigenvalue weighted by atomic mass is 32.2. The second-order valence-electron chi connectivity index (χ2n) is 6.12. The van der Waals surface area contributed by atoms with Crippen LogP contribution in [0, 0.1) is 11.3 Å². The lowest BCUT2D eigenvalue weighted by molar-refractivity contribution is -0.109. The van der Waals surface area contributed by atoms with E-state index in [0.717, 1.165) is 3.97 Å². The zero-order chi connectivity index (χ0) is 19.6. The lowest BCUT2D eigenvalue weighted by Gasteiger charge is -2.14. The lowest BCUT2D eigenvalue weighted by Crippen LogP contribution is -2.18. The molecular weight excluding hydrogens is 362 g/mol. The zero-order valence-electron chi connectivity index (χ0n) is 14.8. The normalized spacial score (nSPS) is 12.0. The van der Waals surface area contributed by atoms with Crippen molar-refractivity contribution in [3.05, 3.63) is 72.6 Å². The molecule has 2 aromatic carbocycles. The van der Waals surface area contributed by atoms with Gasteiger partial charge in [-0.15, -0.1) is 0 Å². The van der Waals surface area contributed by atoms with Crippen molar-refractivity contribution in [1.29, 1.82) is 5.26 Å². The number of nitrogens with zero attached hydrogens (tertiary/aromatic N) is 3. The van der Waals surface area contributed by atoms with Crippen molar-refractivity contribution in [2.45, 2.75) is 4.90 Å². The highest BCUT2D eigenvalue weighted by Gasteiger charge is 2.27. The highest BCUT2D eigenvalue weighted by molar-refractivity contribution is 7.90. The van der Waals surface area contributed by atoms with Crippen LogP contribution in [0.3, 0.4) is 0 Å². The average Bonchev–Trinajstić information content (AvgIpc) is 3.06. The Hall–Kier alpha value is -3.37. The molecule has 0 saturated heterocycles. The maximum absolute atomic E-state index is 13.4. The van der Waals surface area contributed by atoms with E-state index in [-0.39, 0.29) is 16.2 Å². The quantitative estimate of drug-likeness (QED) is 0.503. The first-order valence-electron chi connectivity index (χ1n) is 8.10. The first kappa shape index (κ1) is 18.4. The number of hydrogen-bond donors (Lipinski definition) is 0. The smallest absolute Gasteiger partial charge is 0.268 e. The van der Waals surface area contributed by atoms with Crippen LogP contribution in [0.25, 0.3) is 16.5 Å². The number of rotatable bonds is 5. The molecule has 27 heavy (non-hydrogen) atoms. The van der Waals surface area contributed by atoms with Gasteiger partial charge in [0.2, 0.25) is 0 Å².